The van der Waals surface area contributed by atoms with Gasteiger partial charge >= 0.3 is 0 Å². The van der Waals surface area contributed by atoms with Gasteiger partial charge in [0.05, 0.1) is 5.52 Å². The zero-order valence-electron chi connectivity index (χ0n) is 6.39. The van der Waals surface area contributed by atoms with Crippen LogP contribution in [0.3, 0.4) is 0 Å². The van der Waals surface area contributed by atoms with E-state index in [4.69, 9.17) is 0 Å². The van der Waals surface area contributed by atoms with Crippen molar-refractivity contribution in [3.63, 3.8) is 0 Å². The molecule has 0 fully saturated rings. The topological polar surface area (TPSA) is 12.9 Å². The first-order valence-electron chi connectivity index (χ1n) is 3.58. The number of hydrogen-bond donors (Lipinski definition) is 0. The van der Waals surface area contributed by atoms with Crippen molar-refractivity contribution >= 4 is 58.7 Å². The maximum Gasteiger partial charge on any atom is 0.107 e. The molecule has 4 heteroatoms. The Morgan fingerprint density at radius 1 is 1.00 bits per heavy atom. The second kappa shape index (κ2) is 3.67. The van der Waals surface area contributed by atoms with Crippen LogP contribution >= 0.6 is 47.8 Å². The molecule has 0 saturated carbocycles. The third-order valence-electron chi connectivity index (χ3n) is 1.69. The molecule has 0 bridgehead atoms. The van der Waals surface area contributed by atoms with Gasteiger partial charge in [-0.2, -0.15) is 0 Å². The normalized spacial score (nSPS) is 10.7. The standard InChI is InChI=1S/C9H4Br3N/c10-5-1-2-6-7(11)4-9(12)13-8(6)3-5/h1-4H. The molecule has 0 atom stereocenters. The highest BCUT2D eigenvalue weighted by Gasteiger charge is 2.01. The van der Waals surface area contributed by atoms with Crippen molar-refractivity contribution in [3.8, 4) is 0 Å². The van der Waals surface area contributed by atoms with Crippen LogP contribution in [-0.4, -0.2) is 4.98 Å². The number of fused-ring (bicyclic) bond motifs is 1. The number of hydrogen-bond acceptors (Lipinski definition) is 1. The fourth-order valence-corrected chi connectivity index (χ4v) is 2.76. The van der Waals surface area contributed by atoms with E-state index in [9.17, 15) is 0 Å². The number of halogens is 3. The summed E-state index contributed by atoms with van der Waals surface area (Å²) in [5.74, 6) is 0. The van der Waals surface area contributed by atoms with E-state index in [1.807, 2.05) is 24.3 Å². The lowest BCUT2D eigenvalue weighted by Crippen LogP contribution is -1.81. The average Bonchev–Trinajstić information content (AvgIpc) is 2.02. The van der Waals surface area contributed by atoms with E-state index in [0.717, 1.165) is 24.5 Å². The number of pyridine rings is 1. The summed E-state index contributed by atoms with van der Waals surface area (Å²) in [4.78, 5) is 4.35. The van der Waals surface area contributed by atoms with Crippen LogP contribution in [0.1, 0.15) is 0 Å². The molecule has 1 aromatic carbocycles. The summed E-state index contributed by atoms with van der Waals surface area (Å²) >= 11 is 10.2. The smallest absolute Gasteiger partial charge is 0.107 e. The van der Waals surface area contributed by atoms with E-state index in [0.29, 0.717) is 0 Å². The first-order chi connectivity index (χ1) is 6.16. The molecule has 0 radical (unpaired) electrons. The fourth-order valence-electron chi connectivity index (χ4n) is 1.13. The second-order valence-electron chi connectivity index (χ2n) is 2.59. The zero-order valence-corrected chi connectivity index (χ0v) is 11.1. The summed E-state index contributed by atoms with van der Waals surface area (Å²) < 4.78 is 2.93. The van der Waals surface area contributed by atoms with Gasteiger partial charge in [-0.1, -0.05) is 22.0 Å². The Kier molecular flexibility index (Phi) is 2.72. The Morgan fingerprint density at radius 2 is 1.77 bits per heavy atom. The average molecular weight is 366 g/mol. The maximum absolute atomic E-state index is 4.35. The van der Waals surface area contributed by atoms with E-state index < -0.39 is 0 Å². The van der Waals surface area contributed by atoms with Crippen molar-refractivity contribution in [3.05, 3.63) is 37.8 Å². The molecule has 1 heterocycles. The second-order valence-corrected chi connectivity index (χ2v) is 5.17. The first-order valence-corrected chi connectivity index (χ1v) is 5.96. The molecule has 0 aliphatic carbocycles. The Hall–Kier alpha value is 0.0700. The van der Waals surface area contributed by atoms with Gasteiger partial charge in [-0.3, -0.25) is 0 Å². The summed E-state index contributed by atoms with van der Waals surface area (Å²) in [5, 5.41) is 1.12. The number of rotatable bonds is 0. The summed E-state index contributed by atoms with van der Waals surface area (Å²) in [6.45, 7) is 0. The van der Waals surface area contributed by atoms with Crippen molar-refractivity contribution in [2.45, 2.75) is 0 Å². The van der Waals surface area contributed by atoms with Crippen LogP contribution in [0.15, 0.2) is 37.8 Å². The van der Waals surface area contributed by atoms with Gasteiger partial charge in [0.15, 0.2) is 0 Å². The molecular weight excluding hydrogens is 362 g/mol. The highest BCUT2D eigenvalue weighted by molar-refractivity contribution is 9.11. The molecule has 2 rings (SSSR count). The highest BCUT2D eigenvalue weighted by Crippen LogP contribution is 2.27. The maximum atomic E-state index is 4.35. The molecule has 66 valence electrons. The van der Waals surface area contributed by atoms with Gasteiger partial charge in [0.1, 0.15) is 4.60 Å². The van der Waals surface area contributed by atoms with Gasteiger partial charge < -0.3 is 0 Å². The van der Waals surface area contributed by atoms with Crippen LogP contribution in [0.5, 0.6) is 0 Å². The number of nitrogens with zero attached hydrogens (tertiary/aromatic N) is 1. The third kappa shape index (κ3) is 1.95. The van der Waals surface area contributed by atoms with Gasteiger partial charge in [-0.05, 0) is 50.1 Å². The van der Waals surface area contributed by atoms with Crippen LogP contribution in [-0.2, 0) is 0 Å². The number of benzene rings is 1. The van der Waals surface area contributed by atoms with Crippen LogP contribution in [0.25, 0.3) is 10.9 Å². The summed E-state index contributed by atoms with van der Waals surface area (Å²) in [5.41, 5.74) is 0.968. The molecular formula is C9H4Br3N. The van der Waals surface area contributed by atoms with Crippen molar-refractivity contribution in [2.75, 3.05) is 0 Å². The summed E-state index contributed by atoms with van der Waals surface area (Å²) in [6, 6.07) is 7.96. The SMILES string of the molecule is Brc1ccc2c(Br)cc(Br)nc2c1. The molecule has 0 amide bonds. The summed E-state index contributed by atoms with van der Waals surface area (Å²) in [7, 11) is 0. The van der Waals surface area contributed by atoms with Gasteiger partial charge in [-0.15, -0.1) is 0 Å². The summed E-state index contributed by atoms with van der Waals surface area (Å²) in [6.07, 6.45) is 0. The Labute approximate surface area is 101 Å². The van der Waals surface area contributed by atoms with Crippen LogP contribution in [0, 0.1) is 0 Å². The van der Waals surface area contributed by atoms with Crippen molar-refractivity contribution < 1.29 is 0 Å². The minimum Gasteiger partial charge on any atom is -0.241 e. The Morgan fingerprint density at radius 3 is 2.54 bits per heavy atom. The largest absolute Gasteiger partial charge is 0.241 e. The van der Waals surface area contributed by atoms with Gasteiger partial charge in [0.2, 0.25) is 0 Å². The quantitative estimate of drug-likeness (QED) is 0.625. The van der Waals surface area contributed by atoms with E-state index in [1.165, 1.54) is 0 Å². The predicted octanol–water partition coefficient (Wildman–Crippen LogP) is 4.52. The molecule has 13 heavy (non-hydrogen) atoms. The lowest BCUT2D eigenvalue weighted by atomic mass is 10.2. The van der Waals surface area contributed by atoms with E-state index >= 15 is 0 Å². The minimum atomic E-state index is 0.838. The van der Waals surface area contributed by atoms with Crippen molar-refractivity contribution in [1.82, 2.24) is 4.98 Å². The lowest BCUT2D eigenvalue weighted by molar-refractivity contribution is 1.34. The molecule has 0 N–H and O–H groups in total. The monoisotopic (exact) mass is 363 g/mol. The van der Waals surface area contributed by atoms with Crippen LogP contribution in [0.4, 0.5) is 0 Å². The highest BCUT2D eigenvalue weighted by atomic mass is 79.9. The molecule has 1 aromatic heterocycles. The van der Waals surface area contributed by atoms with Gasteiger partial charge in [-0.25, -0.2) is 4.98 Å². The van der Waals surface area contributed by atoms with Crippen LogP contribution < -0.4 is 0 Å². The van der Waals surface area contributed by atoms with Crippen LogP contribution in [0.2, 0.25) is 0 Å². The Balaban J connectivity index is 2.86. The molecule has 0 unspecified atom stereocenters. The van der Waals surface area contributed by atoms with Gasteiger partial charge in [0, 0.05) is 14.3 Å². The minimum absolute atomic E-state index is 0.838. The third-order valence-corrected chi connectivity index (χ3v) is 3.25. The molecule has 1 nitrogen and oxygen atoms in total. The molecule has 0 saturated heterocycles. The van der Waals surface area contributed by atoms with E-state index in [1.54, 1.807) is 0 Å². The van der Waals surface area contributed by atoms with Crippen molar-refractivity contribution in [2.24, 2.45) is 0 Å². The van der Waals surface area contributed by atoms with Crippen molar-refractivity contribution in [1.29, 1.82) is 0 Å². The zero-order chi connectivity index (χ0) is 9.42. The Bertz CT molecular complexity index is 462. The van der Waals surface area contributed by atoms with Gasteiger partial charge in [0.25, 0.3) is 0 Å². The predicted molar refractivity (Wildman–Crippen MR) is 64.8 cm³/mol. The van der Waals surface area contributed by atoms with E-state index in [2.05, 4.69) is 52.8 Å². The first kappa shape index (κ1) is 9.62. The molecule has 2 aromatic rings. The number of aromatic nitrogens is 1. The fraction of sp³-hybridized carbons (Fsp3) is 0. The molecule has 0 aliphatic heterocycles. The molecule has 0 spiro atoms. The molecule has 0 aliphatic rings. The van der Waals surface area contributed by atoms with E-state index in [-0.39, 0.29) is 0 Å². The lowest BCUT2D eigenvalue weighted by Gasteiger charge is -2.01.